The Morgan fingerprint density at radius 2 is 1.85 bits per heavy atom. The lowest BCUT2D eigenvalue weighted by atomic mass is 10.1. The molecule has 3 N–H and O–H groups in total. The molecule has 0 fully saturated rings. The summed E-state index contributed by atoms with van der Waals surface area (Å²) in [4.78, 5) is 0.188. The van der Waals surface area contributed by atoms with Crippen molar-refractivity contribution in [2.24, 2.45) is 0 Å². The van der Waals surface area contributed by atoms with Crippen molar-refractivity contribution in [3.63, 3.8) is 0 Å². The molecule has 106 valence electrons. The Morgan fingerprint density at radius 3 is 2.50 bits per heavy atom. The van der Waals surface area contributed by atoms with Gasteiger partial charge in [0.15, 0.2) is 0 Å². The average Bonchev–Trinajstić information content (AvgIpc) is 2.40. The summed E-state index contributed by atoms with van der Waals surface area (Å²) in [5.74, 6) is 0. The molecule has 2 rings (SSSR count). The Bertz CT molecular complexity index is 724. The number of anilines is 1. The molecule has 0 aromatic heterocycles. The number of benzene rings is 2. The lowest BCUT2D eigenvalue weighted by molar-refractivity contribution is 0.581. The first-order valence-corrected chi connectivity index (χ1v) is 7.78. The second-order valence-electron chi connectivity index (χ2n) is 4.83. The van der Waals surface area contributed by atoms with Crippen LogP contribution in [-0.2, 0) is 16.6 Å². The highest BCUT2D eigenvalue weighted by molar-refractivity contribution is 7.89. The molecule has 0 bridgehead atoms. The fourth-order valence-corrected chi connectivity index (χ4v) is 2.92. The number of nitrogens with one attached hydrogen (secondary N) is 1. The molecule has 2 aromatic carbocycles. The summed E-state index contributed by atoms with van der Waals surface area (Å²) in [6.45, 7) is 4.07. The zero-order valence-corrected chi connectivity index (χ0v) is 12.4. The molecule has 0 unspecified atom stereocenters. The van der Waals surface area contributed by atoms with Crippen LogP contribution in [0.25, 0.3) is 0 Å². The molecule has 0 saturated heterocycles. The maximum absolute atomic E-state index is 12.2. The highest BCUT2D eigenvalue weighted by Crippen LogP contribution is 2.17. The van der Waals surface area contributed by atoms with Crippen LogP contribution in [0.5, 0.6) is 0 Å². The Balaban J connectivity index is 2.17. The third-order valence-corrected chi connectivity index (χ3v) is 4.51. The SMILES string of the molecule is Cc1cccc(CNS(=O)(=O)c2ccc(C)c(N)c2)c1. The molecular formula is C15H18N2O2S. The van der Waals surface area contributed by atoms with E-state index in [4.69, 9.17) is 5.73 Å². The molecule has 0 aliphatic heterocycles. The van der Waals surface area contributed by atoms with Crippen LogP contribution in [0.15, 0.2) is 47.4 Å². The van der Waals surface area contributed by atoms with E-state index in [1.807, 2.05) is 38.1 Å². The molecule has 0 aliphatic rings. The third-order valence-electron chi connectivity index (χ3n) is 3.11. The van der Waals surface area contributed by atoms with Crippen molar-refractivity contribution < 1.29 is 8.42 Å². The zero-order chi connectivity index (χ0) is 14.8. The van der Waals surface area contributed by atoms with Gasteiger partial charge in [0, 0.05) is 12.2 Å². The van der Waals surface area contributed by atoms with E-state index in [9.17, 15) is 8.42 Å². The first-order chi connectivity index (χ1) is 9.38. The van der Waals surface area contributed by atoms with Crippen molar-refractivity contribution in [2.75, 3.05) is 5.73 Å². The predicted molar refractivity (Wildman–Crippen MR) is 80.8 cm³/mol. The quantitative estimate of drug-likeness (QED) is 0.849. The van der Waals surface area contributed by atoms with Gasteiger partial charge >= 0.3 is 0 Å². The van der Waals surface area contributed by atoms with Gasteiger partial charge in [0.05, 0.1) is 4.90 Å². The molecule has 0 heterocycles. The van der Waals surface area contributed by atoms with Crippen molar-refractivity contribution in [3.05, 3.63) is 59.2 Å². The minimum absolute atomic E-state index is 0.188. The molecule has 4 nitrogen and oxygen atoms in total. The molecule has 0 saturated carbocycles. The molecule has 2 aromatic rings. The minimum Gasteiger partial charge on any atom is -0.398 e. The molecule has 20 heavy (non-hydrogen) atoms. The van der Waals surface area contributed by atoms with E-state index >= 15 is 0 Å². The van der Waals surface area contributed by atoms with Crippen LogP contribution < -0.4 is 10.5 Å². The first-order valence-electron chi connectivity index (χ1n) is 6.30. The van der Waals surface area contributed by atoms with Gasteiger partial charge < -0.3 is 5.73 Å². The monoisotopic (exact) mass is 290 g/mol. The van der Waals surface area contributed by atoms with E-state index < -0.39 is 10.0 Å². The van der Waals surface area contributed by atoms with Crippen molar-refractivity contribution in [1.82, 2.24) is 4.72 Å². The molecule has 0 amide bonds. The molecule has 0 spiro atoms. The number of rotatable bonds is 4. The number of sulfonamides is 1. The van der Waals surface area contributed by atoms with Crippen molar-refractivity contribution >= 4 is 15.7 Å². The van der Waals surface area contributed by atoms with E-state index in [1.165, 1.54) is 6.07 Å². The van der Waals surface area contributed by atoms with Crippen LogP contribution in [0.4, 0.5) is 5.69 Å². The Kier molecular flexibility index (Phi) is 4.11. The van der Waals surface area contributed by atoms with E-state index in [0.29, 0.717) is 5.69 Å². The zero-order valence-electron chi connectivity index (χ0n) is 11.6. The predicted octanol–water partition coefficient (Wildman–Crippen LogP) is 2.36. The molecular weight excluding hydrogens is 272 g/mol. The Morgan fingerprint density at radius 1 is 1.10 bits per heavy atom. The van der Waals surface area contributed by atoms with Gasteiger partial charge in [-0.2, -0.15) is 0 Å². The average molecular weight is 290 g/mol. The normalized spacial score (nSPS) is 11.5. The maximum Gasteiger partial charge on any atom is 0.240 e. The summed E-state index contributed by atoms with van der Waals surface area (Å²) in [6.07, 6.45) is 0. The van der Waals surface area contributed by atoms with Gasteiger partial charge in [0.2, 0.25) is 10.0 Å². The second kappa shape index (κ2) is 5.64. The topological polar surface area (TPSA) is 72.2 Å². The van der Waals surface area contributed by atoms with Crippen LogP contribution in [0.3, 0.4) is 0 Å². The van der Waals surface area contributed by atoms with E-state index in [2.05, 4.69) is 4.72 Å². The van der Waals surface area contributed by atoms with Crippen LogP contribution in [0.1, 0.15) is 16.7 Å². The lowest BCUT2D eigenvalue weighted by Crippen LogP contribution is -2.23. The van der Waals surface area contributed by atoms with E-state index in [1.54, 1.807) is 12.1 Å². The summed E-state index contributed by atoms with van der Waals surface area (Å²) < 4.78 is 27.0. The van der Waals surface area contributed by atoms with Gasteiger partial charge in [-0.3, -0.25) is 0 Å². The van der Waals surface area contributed by atoms with Crippen molar-refractivity contribution in [3.8, 4) is 0 Å². The van der Waals surface area contributed by atoms with E-state index in [-0.39, 0.29) is 11.4 Å². The van der Waals surface area contributed by atoms with Gasteiger partial charge in [-0.05, 0) is 37.1 Å². The Labute approximate surface area is 119 Å². The number of nitrogens with two attached hydrogens (primary N) is 1. The summed E-state index contributed by atoms with van der Waals surface area (Å²) in [7, 11) is -3.54. The van der Waals surface area contributed by atoms with Gasteiger partial charge in [-0.15, -0.1) is 0 Å². The fraction of sp³-hybridized carbons (Fsp3) is 0.200. The third kappa shape index (κ3) is 3.37. The summed E-state index contributed by atoms with van der Waals surface area (Å²) in [5.41, 5.74) is 9.11. The Hall–Kier alpha value is -1.85. The summed E-state index contributed by atoms with van der Waals surface area (Å²) in [6, 6.07) is 12.5. The molecule has 0 aliphatic carbocycles. The highest BCUT2D eigenvalue weighted by Gasteiger charge is 2.14. The number of hydrogen-bond donors (Lipinski definition) is 2. The molecule has 5 heteroatoms. The van der Waals surface area contributed by atoms with Crippen LogP contribution >= 0.6 is 0 Å². The van der Waals surface area contributed by atoms with Crippen LogP contribution in [-0.4, -0.2) is 8.42 Å². The number of hydrogen-bond acceptors (Lipinski definition) is 3. The highest BCUT2D eigenvalue weighted by atomic mass is 32.2. The first kappa shape index (κ1) is 14.6. The van der Waals surface area contributed by atoms with Gasteiger partial charge in [0.25, 0.3) is 0 Å². The van der Waals surface area contributed by atoms with Gasteiger partial charge in [0.1, 0.15) is 0 Å². The van der Waals surface area contributed by atoms with Crippen LogP contribution in [0, 0.1) is 13.8 Å². The standard InChI is InChI=1S/C15H18N2O2S/c1-11-4-3-5-13(8-11)10-17-20(18,19)14-7-6-12(2)15(16)9-14/h3-9,17H,10,16H2,1-2H3. The number of aryl methyl sites for hydroxylation is 2. The lowest BCUT2D eigenvalue weighted by Gasteiger charge is -2.09. The van der Waals surface area contributed by atoms with Crippen molar-refractivity contribution in [1.29, 1.82) is 0 Å². The second-order valence-corrected chi connectivity index (χ2v) is 6.60. The van der Waals surface area contributed by atoms with E-state index in [0.717, 1.165) is 16.7 Å². The molecule has 0 atom stereocenters. The minimum atomic E-state index is -3.54. The maximum atomic E-state index is 12.2. The summed E-state index contributed by atoms with van der Waals surface area (Å²) in [5, 5.41) is 0. The molecule has 0 radical (unpaired) electrons. The van der Waals surface area contributed by atoms with Crippen molar-refractivity contribution in [2.45, 2.75) is 25.3 Å². The number of nitrogen functional groups attached to an aromatic ring is 1. The summed E-state index contributed by atoms with van der Waals surface area (Å²) >= 11 is 0. The van der Waals surface area contributed by atoms with Gasteiger partial charge in [-0.25, -0.2) is 13.1 Å². The smallest absolute Gasteiger partial charge is 0.240 e. The van der Waals surface area contributed by atoms with Gasteiger partial charge in [-0.1, -0.05) is 35.9 Å². The fourth-order valence-electron chi connectivity index (χ4n) is 1.87. The largest absolute Gasteiger partial charge is 0.398 e. The van der Waals surface area contributed by atoms with Crippen LogP contribution in [0.2, 0.25) is 0 Å².